The molecular formula is C29H32F4N6O3. The summed E-state index contributed by atoms with van der Waals surface area (Å²) in [4.78, 5) is 31.6. The molecule has 0 saturated carbocycles. The van der Waals surface area contributed by atoms with Gasteiger partial charge in [0.05, 0.1) is 42.3 Å². The van der Waals surface area contributed by atoms with E-state index in [1.807, 2.05) is 14.0 Å². The molecule has 4 rings (SSSR count). The molecule has 1 aliphatic rings. The second-order valence-corrected chi connectivity index (χ2v) is 10.3. The Kier molecular flexibility index (Phi) is 9.26. The Morgan fingerprint density at radius 1 is 1.17 bits per heavy atom. The summed E-state index contributed by atoms with van der Waals surface area (Å²) in [7, 11) is 4.76. The summed E-state index contributed by atoms with van der Waals surface area (Å²) in [5.74, 6) is 4.32. The fourth-order valence-corrected chi connectivity index (χ4v) is 5.00. The standard InChI is InChI=1S/C29H32F4N6O3/c1-17-14-38(3)9-7-22(17)37-28(41)20-10-18(11-24-26(20)36-16-39(24)15-29(31,32)33)6-5-8-35-23-13-21(30)19(27(40)34-2)12-25(23)42-4/h10-13,16-17,22,35H,7-9,14-15H2,1-4H3,(H,34,40)(H,37,41)/t17-,22-/m0/s1. The van der Waals surface area contributed by atoms with Gasteiger partial charge in [-0.1, -0.05) is 18.8 Å². The maximum absolute atomic E-state index is 14.5. The fraction of sp³-hybridized carbons (Fsp3) is 0.414. The number of nitrogens with one attached hydrogen (secondary N) is 3. The molecule has 0 spiro atoms. The first-order chi connectivity index (χ1) is 19.9. The van der Waals surface area contributed by atoms with Gasteiger partial charge in [0.25, 0.3) is 11.8 Å². The van der Waals surface area contributed by atoms with Gasteiger partial charge in [-0.25, -0.2) is 9.37 Å². The predicted molar refractivity (Wildman–Crippen MR) is 150 cm³/mol. The lowest BCUT2D eigenvalue weighted by molar-refractivity contribution is -0.139. The molecule has 1 aromatic heterocycles. The number of carbonyl (C=O) groups is 2. The summed E-state index contributed by atoms with van der Waals surface area (Å²) in [6, 6.07) is 5.24. The van der Waals surface area contributed by atoms with E-state index in [0.29, 0.717) is 5.56 Å². The SMILES string of the molecule is CNC(=O)c1cc(OC)c(NCC#Cc2cc(C(=O)N[C@H]3CCN(C)C[C@@H]3C)c3ncn(CC(F)(F)F)c3c2)cc1F. The second-order valence-electron chi connectivity index (χ2n) is 10.3. The number of amides is 2. The summed E-state index contributed by atoms with van der Waals surface area (Å²) in [5, 5.41) is 8.30. The molecule has 3 aromatic rings. The summed E-state index contributed by atoms with van der Waals surface area (Å²) in [6.45, 7) is 2.39. The van der Waals surface area contributed by atoms with E-state index in [1.54, 1.807) is 0 Å². The molecule has 2 heterocycles. The van der Waals surface area contributed by atoms with Crippen molar-refractivity contribution < 1.29 is 31.9 Å². The van der Waals surface area contributed by atoms with E-state index in [0.717, 1.165) is 36.5 Å². The number of fused-ring (bicyclic) bond motifs is 1. The first-order valence-corrected chi connectivity index (χ1v) is 13.3. The Hall–Kier alpha value is -4.31. The zero-order valence-electron chi connectivity index (χ0n) is 23.7. The van der Waals surface area contributed by atoms with Crippen molar-refractivity contribution in [1.82, 2.24) is 25.1 Å². The van der Waals surface area contributed by atoms with Crippen LogP contribution in [0.4, 0.5) is 23.2 Å². The number of methoxy groups -OCH3 is 1. The van der Waals surface area contributed by atoms with Gasteiger partial charge < -0.3 is 30.2 Å². The number of benzene rings is 2. The van der Waals surface area contributed by atoms with Crippen molar-refractivity contribution in [3.8, 4) is 17.6 Å². The van der Waals surface area contributed by atoms with E-state index in [9.17, 15) is 27.2 Å². The van der Waals surface area contributed by atoms with Crippen molar-refractivity contribution in [1.29, 1.82) is 0 Å². The quantitative estimate of drug-likeness (QED) is 0.288. The maximum atomic E-state index is 14.5. The van der Waals surface area contributed by atoms with Crippen molar-refractivity contribution in [3.05, 3.63) is 53.1 Å². The zero-order valence-corrected chi connectivity index (χ0v) is 23.7. The first-order valence-electron chi connectivity index (χ1n) is 13.3. The molecule has 2 amide bonds. The van der Waals surface area contributed by atoms with E-state index in [2.05, 4.69) is 37.7 Å². The number of carbonyl (C=O) groups excluding carboxylic acids is 2. The maximum Gasteiger partial charge on any atom is 0.406 e. The molecule has 2 aromatic carbocycles. The van der Waals surface area contributed by atoms with Crippen molar-refractivity contribution in [3.63, 3.8) is 0 Å². The van der Waals surface area contributed by atoms with Gasteiger partial charge in [-0.3, -0.25) is 9.59 Å². The predicted octanol–water partition coefficient (Wildman–Crippen LogP) is 3.64. The molecular weight excluding hydrogens is 556 g/mol. The van der Waals surface area contributed by atoms with E-state index < -0.39 is 30.4 Å². The molecule has 0 radical (unpaired) electrons. The molecule has 0 unspecified atom stereocenters. The van der Waals surface area contributed by atoms with Crippen LogP contribution in [0.3, 0.4) is 0 Å². The molecule has 0 aliphatic carbocycles. The number of halogens is 4. The third kappa shape index (κ3) is 7.12. The number of anilines is 1. The highest BCUT2D eigenvalue weighted by molar-refractivity contribution is 6.05. The number of hydrogen-bond donors (Lipinski definition) is 3. The van der Waals surface area contributed by atoms with Gasteiger partial charge in [0.1, 0.15) is 23.6 Å². The lowest BCUT2D eigenvalue weighted by atomic mass is 9.93. The van der Waals surface area contributed by atoms with Crippen molar-refractivity contribution in [2.24, 2.45) is 5.92 Å². The molecule has 1 fully saturated rings. The van der Waals surface area contributed by atoms with E-state index >= 15 is 0 Å². The summed E-state index contributed by atoms with van der Waals surface area (Å²) < 4.78 is 60.4. The monoisotopic (exact) mass is 588 g/mol. The van der Waals surface area contributed by atoms with Gasteiger partial charge in [0.15, 0.2) is 0 Å². The van der Waals surface area contributed by atoms with Crippen LogP contribution in [0.15, 0.2) is 30.6 Å². The van der Waals surface area contributed by atoms with Crippen molar-refractivity contribution >= 4 is 28.5 Å². The highest BCUT2D eigenvalue weighted by Crippen LogP contribution is 2.28. The van der Waals surface area contributed by atoms with E-state index in [1.165, 1.54) is 32.4 Å². The van der Waals surface area contributed by atoms with Gasteiger partial charge in [-0.15, -0.1) is 0 Å². The summed E-state index contributed by atoms with van der Waals surface area (Å²) in [5.41, 5.74) is 0.783. The Balaban J connectivity index is 1.61. The smallest absolute Gasteiger partial charge is 0.406 e. The normalized spacial score (nSPS) is 17.3. The van der Waals surface area contributed by atoms with Gasteiger partial charge in [-0.2, -0.15) is 13.2 Å². The molecule has 9 nitrogen and oxygen atoms in total. The van der Waals surface area contributed by atoms with Crippen LogP contribution in [0, 0.1) is 23.6 Å². The first kappa shape index (κ1) is 30.6. The third-order valence-electron chi connectivity index (χ3n) is 7.11. The Labute approximate surface area is 240 Å². The van der Waals surface area contributed by atoms with Crippen LogP contribution in [0.2, 0.25) is 0 Å². The molecule has 224 valence electrons. The number of nitrogens with zero attached hydrogens (tertiary/aromatic N) is 3. The van der Waals surface area contributed by atoms with Gasteiger partial charge in [0.2, 0.25) is 0 Å². The molecule has 1 aliphatic heterocycles. The highest BCUT2D eigenvalue weighted by Gasteiger charge is 2.30. The third-order valence-corrected chi connectivity index (χ3v) is 7.11. The van der Waals surface area contributed by atoms with Crippen LogP contribution >= 0.6 is 0 Å². The van der Waals surface area contributed by atoms with E-state index in [4.69, 9.17) is 4.74 Å². The van der Waals surface area contributed by atoms with Crippen molar-refractivity contribution in [2.45, 2.75) is 32.1 Å². The minimum Gasteiger partial charge on any atom is -0.495 e. The topological polar surface area (TPSA) is 101 Å². The molecule has 2 atom stereocenters. The number of imidazole rings is 1. The average molecular weight is 589 g/mol. The highest BCUT2D eigenvalue weighted by atomic mass is 19.4. The Bertz CT molecular complexity index is 1540. The van der Waals surface area contributed by atoms with Crippen LogP contribution < -0.4 is 20.7 Å². The summed E-state index contributed by atoms with van der Waals surface area (Å²) >= 11 is 0. The number of alkyl halides is 3. The lowest BCUT2D eigenvalue weighted by Gasteiger charge is -2.35. The number of aromatic nitrogens is 2. The molecule has 13 heteroatoms. The van der Waals surface area contributed by atoms with Gasteiger partial charge >= 0.3 is 6.18 Å². The van der Waals surface area contributed by atoms with Crippen LogP contribution in [-0.4, -0.2) is 79.3 Å². The molecule has 42 heavy (non-hydrogen) atoms. The summed E-state index contributed by atoms with van der Waals surface area (Å²) in [6.07, 6.45) is -2.68. The molecule has 0 bridgehead atoms. The van der Waals surface area contributed by atoms with Crippen LogP contribution in [0.5, 0.6) is 5.75 Å². The Morgan fingerprint density at radius 2 is 1.93 bits per heavy atom. The van der Waals surface area contributed by atoms with Crippen LogP contribution in [-0.2, 0) is 6.54 Å². The number of rotatable bonds is 7. The average Bonchev–Trinajstić information content (AvgIpc) is 3.32. The minimum absolute atomic E-state index is 0.00358. The van der Waals surface area contributed by atoms with E-state index in [-0.39, 0.29) is 52.1 Å². The fourth-order valence-electron chi connectivity index (χ4n) is 5.00. The zero-order chi connectivity index (χ0) is 30.6. The lowest BCUT2D eigenvalue weighted by Crippen LogP contribution is -2.48. The molecule has 3 N–H and O–H groups in total. The van der Waals surface area contributed by atoms with Crippen LogP contribution in [0.1, 0.15) is 39.6 Å². The largest absolute Gasteiger partial charge is 0.495 e. The van der Waals surface area contributed by atoms with Gasteiger partial charge in [0, 0.05) is 31.3 Å². The van der Waals surface area contributed by atoms with Crippen LogP contribution in [0.25, 0.3) is 11.0 Å². The minimum atomic E-state index is -4.49. The number of piperidine rings is 1. The van der Waals surface area contributed by atoms with Gasteiger partial charge in [-0.05, 0) is 44.1 Å². The Morgan fingerprint density at radius 3 is 2.60 bits per heavy atom. The second kappa shape index (κ2) is 12.7. The molecule has 1 saturated heterocycles. The number of hydrogen-bond acceptors (Lipinski definition) is 6. The number of ether oxygens (including phenoxy) is 1. The number of likely N-dealkylation sites (tertiary alicyclic amines) is 1. The van der Waals surface area contributed by atoms with Crippen molar-refractivity contribution in [2.75, 3.05) is 46.2 Å².